The maximum Gasteiger partial charge on any atom is 0.254 e. The van der Waals surface area contributed by atoms with E-state index in [1.54, 1.807) is 11.3 Å². The highest BCUT2D eigenvalue weighted by Crippen LogP contribution is 2.31. The second-order valence-electron chi connectivity index (χ2n) is 6.36. The van der Waals surface area contributed by atoms with Crippen LogP contribution in [0, 0.1) is 0 Å². The van der Waals surface area contributed by atoms with Gasteiger partial charge in [-0.05, 0) is 29.6 Å². The minimum atomic E-state index is 0.0754. The normalized spacial score (nSPS) is 18.0. The van der Waals surface area contributed by atoms with Crippen molar-refractivity contribution in [3.63, 3.8) is 0 Å². The number of hydrogen-bond acceptors (Lipinski definition) is 5. The zero-order chi connectivity index (χ0) is 17.1. The third-order valence-corrected chi connectivity index (χ3v) is 5.47. The third kappa shape index (κ3) is 3.80. The summed E-state index contributed by atoms with van der Waals surface area (Å²) in [6.07, 6.45) is 0.865. The van der Waals surface area contributed by atoms with Gasteiger partial charge in [0.05, 0.1) is 13.2 Å². The zero-order valence-corrected chi connectivity index (χ0v) is 15.0. The van der Waals surface area contributed by atoms with Crippen molar-refractivity contribution in [3.05, 3.63) is 46.2 Å². The van der Waals surface area contributed by atoms with Crippen molar-refractivity contribution in [2.24, 2.45) is 0 Å². The standard InChI is InChI=1S/C19H22N2O3S/c22-19(15-4-5-17-18(13-15)24-11-2-10-23-17)21-8-6-20(7-9-21)14-16-3-1-12-25-16/h1,3-5,12-13H,2,6-11,14H2. The van der Waals surface area contributed by atoms with Gasteiger partial charge in [-0.2, -0.15) is 0 Å². The van der Waals surface area contributed by atoms with Crippen molar-refractivity contribution < 1.29 is 14.3 Å². The molecule has 4 rings (SSSR count). The molecule has 0 saturated carbocycles. The molecule has 1 aromatic carbocycles. The molecule has 3 heterocycles. The highest BCUT2D eigenvalue weighted by Gasteiger charge is 2.23. The molecule has 0 radical (unpaired) electrons. The lowest BCUT2D eigenvalue weighted by atomic mass is 10.1. The molecule has 25 heavy (non-hydrogen) atoms. The van der Waals surface area contributed by atoms with Crippen LogP contribution in [-0.2, 0) is 6.54 Å². The number of rotatable bonds is 3. The molecular weight excluding hydrogens is 336 g/mol. The van der Waals surface area contributed by atoms with Crippen molar-refractivity contribution >= 4 is 17.2 Å². The van der Waals surface area contributed by atoms with Gasteiger partial charge in [-0.15, -0.1) is 11.3 Å². The first-order valence-electron chi connectivity index (χ1n) is 8.73. The van der Waals surface area contributed by atoms with E-state index in [2.05, 4.69) is 22.4 Å². The van der Waals surface area contributed by atoms with Crippen LogP contribution >= 0.6 is 11.3 Å². The van der Waals surface area contributed by atoms with Gasteiger partial charge in [-0.1, -0.05) is 6.07 Å². The van der Waals surface area contributed by atoms with Crippen LogP contribution in [0.1, 0.15) is 21.7 Å². The van der Waals surface area contributed by atoms with E-state index >= 15 is 0 Å². The first-order valence-corrected chi connectivity index (χ1v) is 9.61. The Kier molecular flexibility index (Phi) is 4.90. The van der Waals surface area contributed by atoms with Gasteiger partial charge in [0.1, 0.15) is 0 Å². The van der Waals surface area contributed by atoms with Crippen molar-refractivity contribution in [1.82, 2.24) is 9.80 Å². The largest absolute Gasteiger partial charge is 0.490 e. The number of carbonyl (C=O) groups excluding carboxylic acids is 1. The molecule has 0 spiro atoms. The van der Waals surface area contributed by atoms with Gasteiger partial charge in [0.2, 0.25) is 0 Å². The van der Waals surface area contributed by atoms with Crippen LogP contribution in [0.4, 0.5) is 0 Å². The number of amides is 1. The Balaban J connectivity index is 1.38. The smallest absolute Gasteiger partial charge is 0.254 e. The number of hydrogen-bond donors (Lipinski definition) is 0. The van der Waals surface area contributed by atoms with E-state index in [0.717, 1.165) is 44.9 Å². The van der Waals surface area contributed by atoms with Crippen molar-refractivity contribution in [3.8, 4) is 11.5 Å². The second kappa shape index (κ2) is 7.45. The number of carbonyl (C=O) groups is 1. The van der Waals surface area contributed by atoms with Crippen LogP contribution in [0.15, 0.2) is 35.7 Å². The minimum absolute atomic E-state index is 0.0754. The van der Waals surface area contributed by atoms with Gasteiger partial charge >= 0.3 is 0 Å². The molecule has 1 saturated heterocycles. The topological polar surface area (TPSA) is 42.0 Å². The van der Waals surface area contributed by atoms with Gasteiger partial charge < -0.3 is 14.4 Å². The summed E-state index contributed by atoms with van der Waals surface area (Å²) in [5.74, 6) is 1.49. The highest BCUT2D eigenvalue weighted by molar-refractivity contribution is 7.09. The minimum Gasteiger partial charge on any atom is -0.490 e. The molecule has 0 aliphatic carbocycles. The molecule has 1 fully saturated rings. The molecule has 0 N–H and O–H groups in total. The predicted octanol–water partition coefficient (Wildman–Crippen LogP) is 2.87. The number of benzene rings is 1. The zero-order valence-electron chi connectivity index (χ0n) is 14.1. The molecule has 0 bridgehead atoms. The third-order valence-electron chi connectivity index (χ3n) is 4.61. The predicted molar refractivity (Wildman–Crippen MR) is 97.5 cm³/mol. The van der Waals surface area contributed by atoms with E-state index in [1.807, 2.05) is 23.1 Å². The number of piperazine rings is 1. The first-order chi connectivity index (χ1) is 12.3. The number of nitrogens with zero attached hydrogens (tertiary/aromatic N) is 2. The lowest BCUT2D eigenvalue weighted by molar-refractivity contribution is 0.0629. The van der Waals surface area contributed by atoms with Crippen LogP contribution in [0.25, 0.3) is 0 Å². The highest BCUT2D eigenvalue weighted by atomic mass is 32.1. The number of ether oxygens (including phenoxy) is 2. The quantitative estimate of drug-likeness (QED) is 0.846. The van der Waals surface area contributed by atoms with Gasteiger partial charge in [0.25, 0.3) is 5.91 Å². The SMILES string of the molecule is O=C(c1ccc2c(c1)OCCCO2)N1CCN(Cc2cccs2)CC1. The Morgan fingerprint density at radius 1 is 1.04 bits per heavy atom. The van der Waals surface area contributed by atoms with Crippen molar-refractivity contribution in [1.29, 1.82) is 0 Å². The number of thiophene rings is 1. The molecule has 132 valence electrons. The Hall–Kier alpha value is -2.05. The summed E-state index contributed by atoms with van der Waals surface area (Å²) in [5, 5.41) is 2.11. The van der Waals surface area contributed by atoms with E-state index in [9.17, 15) is 4.79 Å². The van der Waals surface area contributed by atoms with Crippen LogP contribution in [-0.4, -0.2) is 55.1 Å². The van der Waals surface area contributed by atoms with Crippen LogP contribution in [0.3, 0.4) is 0 Å². The van der Waals surface area contributed by atoms with E-state index in [0.29, 0.717) is 24.5 Å². The lowest BCUT2D eigenvalue weighted by Gasteiger charge is -2.34. The molecule has 0 atom stereocenters. The molecular formula is C19H22N2O3S. The summed E-state index contributed by atoms with van der Waals surface area (Å²) < 4.78 is 11.3. The van der Waals surface area contributed by atoms with Crippen LogP contribution in [0.2, 0.25) is 0 Å². The molecule has 2 aliphatic heterocycles. The van der Waals surface area contributed by atoms with Gasteiger partial charge in [-0.3, -0.25) is 9.69 Å². The second-order valence-corrected chi connectivity index (χ2v) is 7.39. The molecule has 2 aliphatic rings. The summed E-state index contributed by atoms with van der Waals surface area (Å²) >= 11 is 1.79. The van der Waals surface area contributed by atoms with Gasteiger partial charge in [0.15, 0.2) is 11.5 Å². The molecule has 2 aromatic rings. The summed E-state index contributed by atoms with van der Waals surface area (Å²) in [4.78, 5) is 18.5. The molecule has 0 unspecified atom stereocenters. The Morgan fingerprint density at radius 3 is 2.60 bits per heavy atom. The monoisotopic (exact) mass is 358 g/mol. The summed E-state index contributed by atoms with van der Waals surface area (Å²) in [6.45, 7) is 5.61. The van der Waals surface area contributed by atoms with Crippen molar-refractivity contribution in [2.75, 3.05) is 39.4 Å². The summed E-state index contributed by atoms with van der Waals surface area (Å²) in [5.41, 5.74) is 0.677. The molecule has 6 heteroatoms. The van der Waals surface area contributed by atoms with Crippen LogP contribution in [0.5, 0.6) is 11.5 Å². The van der Waals surface area contributed by atoms with E-state index in [-0.39, 0.29) is 5.91 Å². The van der Waals surface area contributed by atoms with Crippen LogP contribution < -0.4 is 9.47 Å². The maximum absolute atomic E-state index is 12.8. The average Bonchev–Trinajstić information content (AvgIpc) is 3.04. The molecule has 1 aromatic heterocycles. The number of fused-ring (bicyclic) bond motifs is 1. The average molecular weight is 358 g/mol. The van der Waals surface area contributed by atoms with Crippen molar-refractivity contribution in [2.45, 2.75) is 13.0 Å². The summed E-state index contributed by atoms with van der Waals surface area (Å²) in [6, 6.07) is 9.76. The Bertz CT molecular complexity index is 724. The molecule has 5 nitrogen and oxygen atoms in total. The van der Waals surface area contributed by atoms with Gasteiger partial charge in [0, 0.05) is 49.6 Å². The maximum atomic E-state index is 12.8. The van der Waals surface area contributed by atoms with E-state index in [1.165, 1.54) is 4.88 Å². The Labute approximate surface area is 151 Å². The first kappa shape index (κ1) is 16.4. The van der Waals surface area contributed by atoms with Gasteiger partial charge in [-0.25, -0.2) is 0 Å². The van der Waals surface area contributed by atoms with E-state index < -0.39 is 0 Å². The lowest BCUT2D eigenvalue weighted by Crippen LogP contribution is -2.48. The summed E-state index contributed by atoms with van der Waals surface area (Å²) in [7, 11) is 0. The molecule has 1 amide bonds. The fourth-order valence-corrected chi connectivity index (χ4v) is 3.96. The fourth-order valence-electron chi connectivity index (χ4n) is 3.21. The fraction of sp³-hybridized carbons (Fsp3) is 0.421. The Morgan fingerprint density at radius 2 is 1.84 bits per heavy atom. The van der Waals surface area contributed by atoms with E-state index in [4.69, 9.17) is 9.47 Å².